The van der Waals surface area contributed by atoms with Crippen molar-refractivity contribution in [1.29, 1.82) is 0 Å². The number of phenolic OH excluding ortho intramolecular Hbond substituents is 1. The summed E-state index contributed by atoms with van der Waals surface area (Å²) >= 11 is 6.09. The van der Waals surface area contributed by atoms with Crippen LogP contribution in [0, 0.1) is 23.5 Å². The van der Waals surface area contributed by atoms with Crippen LogP contribution in [0.5, 0.6) is 5.75 Å². The van der Waals surface area contributed by atoms with E-state index in [4.69, 9.17) is 16.6 Å². The summed E-state index contributed by atoms with van der Waals surface area (Å²) in [7, 11) is 0. The van der Waals surface area contributed by atoms with Crippen molar-refractivity contribution in [1.82, 2.24) is 25.2 Å². The molecule has 2 aromatic heterocycles. The third-order valence-electron chi connectivity index (χ3n) is 9.54. The quantitative estimate of drug-likeness (QED) is 0.299. The average molecular weight is 605 g/mol. The highest BCUT2D eigenvalue weighted by Gasteiger charge is 2.47. The number of nitrogens with zero attached hydrogens (tertiary/aromatic N) is 5. The van der Waals surface area contributed by atoms with Gasteiger partial charge < -0.3 is 15.3 Å². The van der Waals surface area contributed by atoms with Gasteiger partial charge in [0.1, 0.15) is 34.8 Å². The molecule has 7 heterocycles. The Morgan fingerprint density at radius 3 is 2.79 bits per heavy atom. The van der Waals surface area contributed by atoms with E-state index in [0.717, 1.165) is 38.8 Å². The van der Waals surface area contributed by atoms with Gasteiger partial charge in [-0.2, -0.15) is 0 Å². The van der Waals surface area contributed by atoms with Gasteiger partial charge in [0.25, 0.3) is 0 Å². The highest BCUT2D eigenvalue weighted by atomic mass is 35.5. The molecule has 220 valence electrons. The summed E-state index contributed by atoms with van der Waals surface area (Å²) in [6.45, 7) is 2.65. The van der Waals surface area contributed by atoms with E-state index >= 15 is 8.78 Å². The molecule has 2 bridgehead atoms. The van der Waals surface area contributed by atoms with Gasteiger partial charge in [0.15, 0.2) is 5.82 Å². The Hall–Kier alpha value is -3.65. The van der Waals surface area contributed by atoms with E-state index in [-0.39, 0.29) is 44.8 Å². The largest absolute Gasteiger partial charge is 0.508 e. The van der Waals surface area contributed by atoms with Gasteiger partial charge in [-0.15, -0.1) is 0 Å². The number of benzene rings is 2. The zero-order valence-electron chi connectivity index (χ0n) is 23.2. The number of anilines is 1. The second-order valence-corrected chi connectivity index (χ2v) is 12.5. The van der Waals surface area contributed by atoms with Crippen molar-refractivity contribution in [2.45, 2.75) is 55.9 Å². The van der Waals surface area contributed by atoms with Crippen LogP contribution in [0.3, 0.4) is 0 Å². The Morgan fingerprint density at radius 1 is 1.12 bits per heavy atom. The topological polar surface area (TPSA) is 77.4 Å². The van der Waals surface area contributed by atoms with Crippen LogP contribution in [-0.2, 0) is 0 Å². The number of hydrogen-bond acceptors (Lipinski definition) is 7. The maximum atomic E-state index is 16.6. The Kier molecular flexibility index (Phi) is 6.23. The number of alkyl halides is 1. The van der Waals surface area contributed by atoms with Crippen LogP contribution in [0.1, 0.15) is 37.9 Å². The van der Waals surface area contributed by atoms with E-state index in [1.807, 2.05) is 0 Å². The van der Waals surface area contributed by atoms with Gasteiger partial charge >= 0.3 is 0 Å². The monoisotopic (exact) mass is 604 g/mol. The fourth-order valence-electron chi connectivity index (χ4n) is 7.51. The minimum atomic E-state index is -0.934. The molecule has 5 saturated heterocycles. The molecular weight excluding hydrogens is 577 g/mol. The number of phenols is 1. The number of rotatable bonds is 2. The van der Waals surface area contributed by atoms with Gasteiger partial charge in [0.05, 0.1) is 15.9 Å². The number of fused-ring (bicyclic) bond motifs is 6. The van der Waals surface area contributed by atoms with Gasteiger partial charge in [-0.05, 0) is 61.7 Å². The highest BCUT2D eigenvalue weighted by Crippen LogP contribution is 2.41. The fourth-order valence-corrected chi connectivity index (χ4v) is 7.66. The lowest BCUT2D eigenvalue weighted by Gasteiger charge is -2.46. The van der Waals surface area contributed by atoms with E-state index in [1.165, 1.54) is 24.4 Å². The van der Waals surface area contributed by atoms with Crippen LogP contribution in [-0.4, -0.2) is 74.9 Å². The number of nitrogens with one attached hydrogen (secondary N) is 1. The SMILES string of the molecule is Oc1cc(-c2ncc3c(N4C[C@H]5CC[C@@H]4CN5)nc(C#C[C@@]45CCCN4C[C@H](F)C5)nc3c2F)c2c(F)c(Cl)ccc2c1. The van der Waals surface area contributed by atoms with Crippen molar-refractivity contribution in [3.8, 4) is 28.8 Å². The molecule has 0 unspecified atom stereocenters. The van der Waals surface area contributed by atoms with Crippen molar-refractivity contribution in [2.75, 3.05) is 31.1 Å². The van der Waals surface area contributed by atoms with Crippen LogP contribution >= 0.6 is 11.6 Å². The number of piperazine rings is 1. The van der Waals surface area contributed by atoms with E-state index in [9.17, 15) is 9.50 Å². The molecule has 0 aliphatic carbocycles. The molecule has 4 aromatic rings. The van der Waals surface area contributed by atoms with E-state index in [2.05, 4.69) is 36.9 Å². The summed E-state index contributed by atoms with van der Waals surface area (Å²) in [5, 5.41) is 14.7. The Bertz CT molecular complexity index is 1870. The zero-order chi connectivity index (χ0) is 29.5. The highest BCUT2D eigenvalue weighted by molar-refractivity contribution is 6.31. The summed E-state index contributed by atoms with van der Waals surface area (Å²) in [6, 6.07) is 6.08. The molecular formula is C32H28ClF3N6O. The average Bonchev–Trinajstić information content (AvgIpc) is 3.54. The van der Waals surface area contributed by atoms with Crippen LogP contribution in [0.4, 0.5) is 19.0 Å². The van der Waals surface area contributed by atoms with E-state index < -0.39 is 23.3 Å². The number of hydrogen-bond donors (Lipinski definition) is 2. The molecule has 9 rings (SSSR count). The van der Waals surface area contributed by atoms with Crippen molar-refractivity contribution in [3.63, 3.8) is 0 Å². The number of halogens is 4. The zero-order valence-corrected chi connectivity index (χ0v) is 23.9. The Balaban J connectivity index is 1.33. The fraction of sp³-hybridized carbons (Fsp3) is 0.406. The first kappa shape index (κ1) is 26.9. The lowest BCUT2D eigenvalue weighted by molar-refractivity contribution is 0.255. The van der Waals surface area contributed by atoms with E-state index in [1.54, 1.807) is 6.07 Å². The Labute approximate surface area is 251 Å². The number of pyridine rings is 1. The Morgan fingerprint density at radius 2 is 2.00 bits per heavy atom. The molecule has 11 heteroatoms. The van der Waals surface area contributed by atoms with Crippen LogP contribution in [0.15, 0.2) is 30.5 Å². The molecule has 0 amide bonds. The first-order chi connectivity index (χ1) is 20.8. The van der Waals surface area contributed by atoms with E-state index in [0.29, 0.717) is 42.1 Å². The lowest BCUT2D eigenvalue weighted by atomic mass is 9.92. The summed E-state index contributed by atoms with van der Waals surface area (Å²) in [6.07, 6.45) is 4.65. The summed E-state index contributed by atoms with van der Waals surface area (Å²) in [4.78, 5) is 18.1. The molecule has 43 heavy (non-hydrogen) atoms. The standard InChI is InChI=1S/C32H28ClF3N6O/c33-24-5-2-17-10-21(43)11-22(26(17)27(24)35)29-28(36)30-23(14-38-29)31(42-16-19-3-4-20(42)13-37-19)40-25(39-30)6-8-32-7-1-9-41(32)15-18(34)12-32/h2,5,10-11,14,18-20,37,43H,1,3-4,7,9,12-13,15-16H2/t18-,19-,20-,32-/m1/s1. The van der Waals surface area contributed by atoms with Gasteiger partial charge in [-0.1, -0.05) is 23.6 Å². The molecule has 7 nitrogen and oxygen atoms in total. The van der Waals surface area contributed by atoms with Crippen LogP contribution in [0.25, 0.3) is 32.9 Å². The maximum absolute atomic E-state index is 16.6. The predicted molar refractivity (Wildman–Crippen MR) is 159 cm³/mol. The first-order valence-electron chi connectivity index (χ1n) is 14.7. The second-order valence-electron chi connectivity index (χ2n) is 12.1. The van der Waals surface area contributed by atoms with Gasteiger partial charge in [0, 0.05) is 55.3 Å². The smallest absolute Gasteiger partial charge is 0.207 e. The molecule has 2 N–H and O–H groups in total. The maximum Gasteiger partial charge on any atom is 0.207 e. The molecule has 5 aliphatic heterocycles. The molecule has 5 fully saturated rings. The van der Waals surface area contributed by atoms with Gasteiger partial charge in [-0.25, -0.2) is 23.1 Å². The molecule has 0 spiro atoms. The predicted octanol–water partition coefficient (Wildman–Crippen LogP) is 5.35. The van der Waals surface area contributed by atoms with Gasteiger partial charge in [0.2, 0.25) is 5.82 Å². The summed E-state index contributed by atoms with van der Waals surface area (Å²) in [5.74, 6) is 5.41. The first-order valence-corrected chi connectivity index (χ1v) is 15.1. The number of aromatic nitrogens is 3. The number of piperidine rings is 2. The van der Waals surface area contributed by atoms with Crippen LogP contribution in [0.2, 0.25) is 5.02 Å². The third-order valence-corrected chi connectivity index (χ3v) is 9.83. The minimum Gasteiger partial charge on any atom is -0.508 e. The number of aromatic hydroxyl groups is 1. The molecule has 4 atom stereocenters. The van der Waals surface area contributed by atoms with Crippen molar-refractivity contribution in [3.05, 3.63) is 52.9 Å². The summed E-state index contributed by atoms with van der Waals surface area (Å²) < 4.78 is 46.4. The summed E-state index contributed by atoms with van der Waals surface area (Å²) in [5.41, 5.74) is -0.672. The molecule has 0 saturated carbocycles. The normalized spacial score (nSPS) is 26.7. The molecule has 2 aromatic carbocycles. The van der Waals surface area contributed by atoms with Gasteiger partial charge in [-0.3, -0.25) is 9.88 Å². The lowest BCUT2D eigenvalue weighted by Crippen LogP contribution is -2.61. The van der Waals surface area contributed by atoms with Crippen molar-refractivity contribution < 1.29 is 18.3 Å². The minimum absolute atomic E-state index is 0.00297. The third kappa shape index (κ3) is 4.32. The molecule has 0 radical (unpaired) electrons. The van der Waals surface area contributed by atoms with Crippen molar-refractivity contribution >= 4 is 39.1 Å². The second kappa shape index (κ2) is 9.94. The van der Waals surface area contributed by atoms with Crippen molar-refractivity contribution in [2.24, 2.45) is 0 Å². The van der Waals surface area contributed by atoms with Crippen LogP contribution < -0.4 is 10.2 Å². The molecule has 5 aliphatic rings.